The summed E-state index contributed by atoms with van der Waals surface area (Å²) in [7, 11) is 0.761. The quantitative estimate of drug-likeness (QED) is 0.580. The van der Waals surface area contributed by atoms with Crippen LogP contribution in [-0.4, -0.2) is 35.1 Å². The number of para-hydroxylation sites is 1. The van der Waals surface area contributed by atoms with E-state index >= 15 is 0 Å². The topological polar surface area (TPSA) is 62.7 Å². The van der Waals surface area contributed by atoms with Crippen molar-refractivity contribution < 1.29 is 8.95 Å². The predicted molar refractivity (Wildman–Crippen MR) is 118 cm³/mol. The summed E-state index contributed by atoms with van der Waals surface area (Å²) in [6.45, 7) is 0.594. The lowest BCUT2D eigenvalue weighted by atomic mass is 9.86. The maximum absolute atomic E-state index is 12.4. The van der Waals surface area contributed by atoms with Crippen LogP contribution in [0.15, 0.2) is 64.5 Å². The van der Waals surface area contributed by atoms with Gasteiger partial charge in [-0.25, -0.2) is 0 Å². The smallest absolute Gasteiger partial charge is 0.191 e. The Kier molecular flexibility index (Phi) is 6.19. The van der Waals surface area contributed by atoms with Crippen molar-refractivity contribution in [3.05, 3.63) is 60.2 Å². The Morgan fingerprint density at radius 3 is 2.62 bits per heavy atom. The van der Waals surface area contributed by atoms with Crippen molar-refractivity contribution in [3.8, 4) is 5.75 Å². The van der Waals surface area contributed by atoms with Gasteiger partial charge < -0.3 is 15.4 Å². The van der Waals surface area contributed by atoms with Gasteiger partial charge in [0.2, 0.25) is 0 Å². The standard InChI is InChI=1S/C23H29N3O2S/c1-24-22(25-15-16-29(27)18-9-3-2-4-10-18)26-20-17-23(13-7-8-14-23)28-21-12-6-5-11-19(20)21/h2-6,9-12,20H,7-8,13-17H2,1H3,(H2,24,25,26). The number of ether oxygens (including phenoxy) is 1. The minimum atomic E-state index is -1.02. The molecule has 1 spiro atoms. The van der Waals surface area contributed by atoms with E-state index in [9.17, 15) is 4.21 Å². The first-order valence-electron chi connectivity index (χ1n) is 10.4. The van der Waals surface area contributed by atoms with Gasteiger partial charge in [-0.15, -0.1) is 0 Å². The van der Waals surface area contributed by atoms with Gasteiger partial charge in [-0.05, 0) is 43.9 Å². The van der Waals surface area contributed by atoms with Crippen molar-refractivity contribution in [1.29, 1.82) is 0 Å². The third-order valence-corrected chi connectivity index (χ3v) is 7.21. The molecule has 29 heavy (non-hydrogen) atoms. The lowest BCUT2D eigenvalue weighted by Gasteiger charge is -2.40. The first-order chi connectivity index (χ1) is 14.2. The molecule has 6 heteroatoms. The minimum Gasteiger partial charge on any atom is -0.487 e. The molecule has 0 radical (unpaired) electrons. The molecule has 0 amide bonds. The maximum atomic E-state index is 12.4. The molecule has 1 fully saturated rings. The molecule has 1 aliphatic heterocycles. The highest BCUT2D eigenvalue weighted by Gasteiger charge is 2.43. The summed E-state index contributed by atoms with van der Waals surface area (Å²) in [4.78, 5) is 5.25. The molecule has 2 unspecified atom stereocenters. The Labute approximate surface area is 175 Å². The van der Waals surface area contributed by atoms with E-state index in [1.165, 1.54) is 18.4 Å². The highest BCUT2D eigenvalue weighted by molar-refractivity contribution is 7.85. The highest BCUT2D eigenvalue weighted by Crippen LogP contribution is 2.46. The maximum Gasteiger partial charge on any atom is 0.191 e. The molecule has 4 rings (SSSR count). The van der Waals surface area contributed by atoms with Crippen LogP contribution in [0.4, 0.5) is 0 Å². The lowest BCUT2D eigenvalue weighted by Crippen LogP contribution is -2.47. The van der Waals surface area contributed by atoms with Crippen LogP contribution < -0.4 is 15.4 Å². The number of nitrogens with zero attached hydrogens (tertiary/aromatic N) is 1. The van der Waals surface area contributed by atoms with E-state index < -0.39 is 10.8 Å². The SMILES string of the molecule is CN=C(NCCS(=O)c1ccccc1)NC1CC2(CCCC2)Oc2ccccc21. The molecular weight excluding hydrogens is 382 g/mol. The molecule has 2 aliphatic rings. The van der Waals surface area contributed by atoms with Gasteiger partial charge in [0.15, 0.2) is 5.96 Å². The number of aliphatic imine (C=N–C) groups is 1. The molecule has 1 heterocycles. The van der Waals surface area contributed by atoms with Crippen molar-refractivity contribution in [2.24, 2.45) is 4.99 Å². The second-order valence-corrected chi connectivity index (χ2v) is 9.36. The fraction of sp³-hybridized carbons (Fsp3) is 0.435. The third kappa shape index (κ3) is 4.64. The van der Waals surface area contributed by atoms with Crippen LogP contribution in [0.25, 0.3) is 0 Å². The van der Waals surface area contributed by atoms with E-state index in [0.29, 0.717) is 12.3 Å². The zero-order chi connectivity index (χ0) is 20.1. The van der Waals surface area contributed by atoms with Crippen LogP contribution in [0.5, 0.6) is 5.75 Å². The van der Waals surface area contributed by atoms with E-state index in [1.54, 1.807) is 7.05 Å². The molecule has 154 valence electrons. The van der Waals surface area contributed by atoms with Crippen LogP contribution in [0.1, 0.15) is 43.7 Å². The molecule has 1 saturated carbocycles. The van der Waals surface area contributed by atoms with Crippen molar-refractivity contribution in [2.75, 3.05) is 19.3 Å². The Hall–Kier alpha value is -2.34. The summed E-state index contributed by atoms with van der Waals surface area (Å²) < 4.78 is 18.9. The molecule has 2 N–H and O–H groups in total. The fourth-order valence-corrected chi connectivity index (χ4v) is 5.37. The summed E-state index contributed by atoms with van der Waals surface area (Å²) in [6.07, 6.45) is 5.63. The predicted octanol–water partition coefficient (Wildman–Crippen LogP) is 3.80. The molecule has 2 atom stereocenters. The summed E-state index contributed by atoms with van der Waals surface area (Å²) in [5, 5.41) is 6.92. The normalized spacial score (nSPS) is 21.3. The zero-order valence-corrected chi connectivity index (χ0v) is 17.7. The average molecular weight is 412 g/mol. The van der Waals surface area contributed by atoms with E-state index in [1.807, 2.05) is 36.4 Å². The zero-order valence-electron chi connectivity index (χ0n) is 16.9. The van der Waals surface area contributed by atoms with Gasteiger partial charge >= 0.3 is 0 Å². The number of benzene rings is 2. The van der Waals surface area contributed by atoms with Crippen LogP contribution in [0, 0.1) is 0 Å². The Morgan fingerprint density at radius 1 is 1.14 bits per heavy atom. The van der Waals surface area contributed by atoms with Gasteiger partial charge in [-0.2, -0.15) is 0 Å². The number of rotatable bonds is 5. The Balaban J connectivity index is 1.39. The fourth-order valence-electron chi connectivity index (χ4n) is 4.38. The van der Waals surface area contributed by atoms with Gasteiger partial charge in [-0.3, -0.25) is 9.20 Å². The van der Waals surface area contributed by atoms with Crippen molar-refractivity contribution in [1.82, 2.24) is 10.6 Å². The third-order valence-electron chi connectivity index (χ3n) is 5.83. The first-order valence-corrected chi connectivity index (χ1v) is 11.7. The van der Waals surface area contributed by atoms with E-state index in [4.69, 9.17) is 4.74 Å². The van der Waals surface area contributed by atoms with Crippen LogP contribution in [-0.2, 0) is 10.8 Å². The van der Waals surface area contributed by atoms with Gasteiger partial charge in [0, 0.05) is 36.2 Å². The molecule has 0 bridgehead atoms. The Morgan fingerprint density at radius 2 is 1.86 bits per heavy atom. The second-order valence-electron chi connectivity index (χ2n) is 7.79. The van der Waals surface area contributed by atoms with Gasteiger partial charge in [-0.1, -0.05) is 36.4 Å². The van der Waals surface area contributed by atoms with Crippen molar-refractivity contribution >= 4 is 16.8 Å². The molecule has 1 aliphatic carbocycles. The number of guanidine groups is 1. The van der Waals surface area contributed by atoms with Gasteiger partial charge in [0.05, 0.1) is 16.8 Å². The monoisotopic (exact) mass is 411 g/mol. The van der Waals surface area contributed by atoms with E-state index in [0.717, 1.165) is 35.9 Å². The van der Waals surface area contributed by atoms with E-state index in [-0.39, 0.29) is 11.6 Å². The molecule has 2 aromatic carbocycles. The van der Waals surface area contributed by atoms with E-state index in [2.05, 4.69) is 33.8 Å². The minimum absolute atomic E-state index is 0.0559. The lowest BCUT2D eigenvalue weighted by molar-refractivity contribution is 0.0396. The molecule has 5 nitrogen and oxygen atoms in total. The number of fused-ring (bicyclic) bond motifs is 1. The molecule has 0 aromatic heterocycles. The summed E-state index contributed by atoms with van der Waals surface area (Å²) in [5.74, 6) is 2.27. The second kappa shape index (κ2) is 8.99. The van der Waals surface area contributed by atoms with Crippen LogP contribution in [0.2, 0.25) is 0 Å². The van der Waals surface area contributed by atoms with Gasteiger partial charge in [0.25, 0.3) is 0 Å². The average Bonchev–Trinajstić information content (AvgIpc) is 3.20. The van der Waals surface area contributed by atoms with Crippen LogP contribution >= 0.6 is 0 Å². The highest BCUT2D eigenvalue weighted by atomic mass is 32.2. The largest absolute Gasteiger partial charge is 0.487 e. The van der Waals surface area contributed by atoms with Gasteiger partial charge in [0.1, 0.15) is 11.4 Å². The van der Waals surface area contributed by atoms with Crippen molar-refractivity contribution in [3.63, 3.8) is 0 Å². The Bertz CT molecular complexity index is 879. The molecule has 0 saturated heterocycles. The van der Waals surface area contributed by atoms with Crippen LogP contribution in [0.3, 0.4) is 0 Å². The van der Waals surface area contributed by atoms with Crippen molar-refractivity contribution in [2.45, 2.75) is 48.6 Å². The number of hydrogen-bond donors (Lipinski definition) is 2. The summed E-state index contributed by atoms with van der Waals surface area (Å²) in [5.41, 5.74) is 1.13. The number of nitrogens with one attached hydrogen (secondary N) is 2. The molecular formula is C23H29N3O2S. The first kappa shape index (κ1) is 20.0. The number of hydrogen-bond acceptors (Lipinski definition) is 3. The summed E-state index contributed by atoms with van der Waals surface area (Å²) in [6, 6.07) is 18.0. The molecule has 2 aromatic rings. The summed E-state index contributed by atoms with van der Waals surface area (Å²) >= 11 is 0.